The summed E-state index contributed by atoms with van der Waals surface area (Å²) in [6.07, 6.45) is 2.09. The first kappa shape index (κ1) is 42.4. The zero-order chi connectivity index (χ0) is 43.4. The Bertz CT molecular complexity index is 2370. The number of nitrogens with one attached hydrogen (secondary N) is 2. The van der Waals surface area contributed by atoms with Crippen molar-refractivity contribution >= 4 is 31.5 Å². The summed E-state index contributed by atoms with van der Waals surface area (Å²) in [6, 6.07) is 19.8. The summed E-state index contributed by atoms with van der Waals surface area (Å²) >= 11 is 0. The number of carbonyl (C=O) groups excluding carboxylic acids is 3. The van der Waals surface area contributed by atoms with Crippen LogP contribution in [0.25, 0.3) is 0 Å². The molecular formula is C47H56N4O9Si. The van der Waals surface area contributed by atoms with Crippen molar-refractivity contribution in [2.75, 3.05) is 33.1 Å². The number of fused-ring (bicyclic) bond motifs is 4. The van der Waals surface area contributed by atoms with Gasteiger partial charge < -0.3 is 38.9 Å². The third kappa shape index (κ3) is 7.36. The first-order chi connectivity index (χ1) is 29.1. The van der Waals surface area contributed by atoms with E-state index in [1.807, 2.05) is 92.8 Å². The van der Waals surface area contributed by atoms with E-state index in [1.165, 1.54) is 7.11 Å². The van der Waals surface area contributed by atoms with Crippen molar-refractivity contribution in [3.63, 3.8) is 0 Å². The molecule has 4 aliphatic rings. The number of allylic oxidation sites excluding steroid dienone is 1. The molecule has 0 radical (unpaired) electrons. The molecule has 4 aromatic rings. The maximum absolute atomic E-state index is 15.7. The third-order valence-electron chi connectivity index (χ3n) is 13.3. The normalized spacial score (nSPS) is 23.6. The van der Waals surface area contributed by atoms with E-state index < -0.39 is 60.2 Å². The highest BCUT2D eigenvalue weighted by Gasteiger charge is 2.67. The third-order valence-corrected chi connectivity index (χ3v) is 17.8. The van der Waals surface area contributed by atoms with E-state index in [2.05, 4.69) is 36.6 Å². The molecule has 1 aromatic heterocycles. The highest BCUT2D eigenvalue weighted by molar-refractivity contribution is 6.74. The molecule has 3 N–H and O–H groups in total. The molecule has 3 aromatic carbocycles. The van der Waals surface area contributed by atoms with Gasteiger partial charge in [-0.1, -0.05) is 81.4 Å². The van der Waals surface area contributed by atoms with E-state index in [4.69, 9.17) is 23.2 Å². The van der Waals surface area contributed by atoms with Gasteiger partial charge in [-0.3, -0.25) is 19.3 Å². The van der Waals surface area contributed by atoms with Gasteiger partial charge in [0.15, 0.2) is 31.2 Å². The van der Waals surface area contributed by atoms with Crippen molar-refractivity contribution in [3.05, 3.63) is 112 Å². The average molecular weight is 849 g/mol. The number of ketones is 2. The molecule has 1 aliphatic heterocycles. The number of nitrogens with zero attached hydrogens (tertiary/aromatic N) is 2. The average Bonchev–Trinajstić information content (AvgIpc) is 3.92. The van der Waals surface area contributed by atoms with E-state index in [-0.39, 0.29) is 66.0 Å². The fourth-order valence-corrected chi connectivity index (χ4v) is 10.7. The predicted molar refractivity (Wildman–Crippen MR) is 232 cm³/mol. The van der Waals surface area contributed by atoms with Crippen LogP contribution in [0.4, 0.5) is 5.69 Å². The number of carbonyl (C=O) groups is 3. The second-order valence-electron chi connectivity index (χ2n) is 18.4. The summed E-state index contributed by atoms with van der Waals surface area (Å²) in [5.41, 5.74) is 0.893. The minimum Gasteiger partial charge on any atom is -0.508 e. The summed E-state index contributed by atoms with van der Waals surface area (Å²) in [5, 5.41) is 23.3. The molecule has 8 rings (SSSR count). The zero-order valence-electron chi connectivity index (χ0n) is 36.2. The lowest BCUT2D eigenvalue weighted by atomic mass is 9.58. The molecule has 0 spiro atoms. The molecule has 13 nitrogen and oxygen atoms in total. The summed E-state index contributed by atoms with van der Waals surface area (Å²) in [5.74, 6) is -2.15. The van der Waals surface area contributed by atoms with Gasteiger partial charge in [0.25, 0.3) is 5.88 Å². The van der Waals surface area contributed by atoms with Gasteiger partial charge in [-0.05, 0) is 86.7 Å². The van der Waals surface area contributed by atoms with Gasteiger partial charge in [0.2, 0.25) is 11.7 Å². The molecule has 1 fully saturated rings. The Morgan fingerprint density at radius 2 is 1.67 bits per heavy atom. The monoisotopic (exact) mass is 848 g/mol. The molecule has 1 unspecified atom stereocenters. The van der Waals surface area contributed by atoms with E-state index >= 15 is 9.59 Å². The van der Waals surface area contributed by atoms with Crippen molar-refractivity contribution < 1.29 is 42.6 Å². The Balaban J connectivity index is 1.32. The molecule has 5 atom stereocenters. The number of rotatable bonds is 12. The topological polar surface area (TPSA) is 162 Å². The lowest BCUT2D eigenvalue weighted by Crippen LogP contribution is -2.65. The summed E-state index contributed by atoms with van der Waals surface area (Å²) in [4.78, 5) is 46.9. The quantitative estimate of drug-likeness (QED) is 0.118. The van der Waals surface area contributed by atoms with Crippen LogP contribution in [0, 0.1) is 11.8 Å². The smallest absolute Gasteiger partial charge is 0.265 e. The predicted octanol–water partition coefficient (Wildman–Crippen LogP) is 7.98. The minimum absolute atomic E-state index is 0.00827. The standard InChI is InChI=1S/C47H56N4O9Si/c1-46(2,3)61(7,8)60-47-31(38(51(4)5)41-37(43(47)54)45(50-59-41)58-26-28-18-13-10-14-19-28)23-29-22-30-34(56-6)24-33(49-44(55)32-20-15-21-48-32)40(36(30)39(52)35(29)42(47)53)57-25-27-16-11-9-12-17-27/h9-14,16-19,24,29,31-32,38,48,53H,15,20-23,25-26H2,1-8H3,(H,49,55)/t29-,31-,32-,38-,47?/m0/s1. The number of aromatic nitrogens is 1. The largest absolute Gasteiger partial charge is 0.508 e. The number of aliphatic hydroxyl groups is 1. The van der Waals surface area contributed by atoms with Crippen LogP contribution in [0.15, 0.2) is 82.6 Å². The summed E-state index contributed by atoms with van der Waals surface area (Å²) in [7, 11) is 2.36. The number of ether oxygens (including phenoxy) is 3. The fourth-order valence-electron chi connectivity index (χ4n) is 9.26. The molecule has 3 aliphatic carbocycles. The molecule has 1 saturated heterocycles. The SMILES string of the molecule is COc1cc(NC(=O)[C@@H]2CCCN2)c(OCc2ccccc2)c2c1C[C@H]1C[C@H]3[C@H](N(C)C)c4onc(OCc5ccccc5)c4C(=O)C3(O[Si](C)(C)C(C)(C)C)C(O)=C1C2=O. The van der Waals surface area contributed by atoms with Crippen molar-refractivity contribution in [1.82, 2.24) is 15.4 Å². The Morgan fingerprint density at radius 1 is 1.02 bits per heavy atom. The summed E-state index contributed by atoms with van der Waals surface area (Å²) in [6.45, 7) is 11.2. The molecular weight excluding hydrogens is 793 g/mol. The van der Waals surface area contributed by atoms with Crippen LogP contribution in [0.1, 0.15) is 89.2 Å². The maximum atomic E-state index is 15.7. The minimum atomic E-state index is -2.95. The Hall–Kier alpha value is -5.28. The number of amides is 1. The number of methoxy groups -OCH3 is 1. The van der Waals surface area contributed by atoms with Crippen molar-refractivity contribution in [2.45, 2.75) is 95.5 Å². The fraction of sp³-hybridized carbons (Fsp3) is 0.447. The Labute approximate surface area is 357 Å². The molecule has 322 valence electrons. The lowest BCUT2D eigenvalue weighted by Gasteiger charge is -2.55. The highest BCUT2D eigenvalue weighted by Crippen LogP contribution is 2.60. The number of hydrogen-bond acceptors (Lipinski definition) is 12. The van der Waals surface area contributed by atoms with Crippen LogP contribution in [-0.2, 0) is 28.9 Å². The van der Waals surface area contributed by atoms with Gasteiger partial charge >= 0.3 is 0 Å². The second-order valence-corrected chi connectivity index (χ2v) is 23.1. The summed E-state index contributed by atoms with van der Waals surface area (Å²) < 4.78 is 32.1. The van der Waals surface area contributed by atoms with Gasteiger partial charge in [0, 0.05) is 23.1 Å². The van der Waals surface area contributed by atoms with Gasteiger partial charge in [-0.2, -0.15) is 0 Å². The Kier molecular flexibility index (Phi) is 11.3. The molecule has 61 heavy (non-hydrogen) atoms. The van der Waals surface area contributed by atoms with Gasteiger partial charge in [0.05, 0.1) is 30.4 Å². The van der Waals surface area contributed by atoms with Crippen molar-refractivity contribution in [2.24, 2.45) is 11.8 Å². The maximum Gasteiger partial charge on any atom is 0.265 e. The molecule has 2 heterocycles. The van der Waals surface area contributed by atoms with Crippen LogP contribution < -0.4 is 24.8 Å². The van der Waals surface area contributed by atoms with Crippen molar-refractivity contribution in [3.8, 4) is 17.4 Å². The highest BCUT2D eigenvalue weighted by atomic mass is 28.4. The van der Waals surface area contributed by atoms with Crippen LogP contribution >= 0.6 is 0 Å². The lowest BCUT2D eigenvalue weighted by molar-refractivity contribution is -0.117. The first-order valence-corrected chi connectivity index (χ1v) is 24.0. The van der Waals surface area contributed by atoms with E-state index in [1.54, 1.807) is 6.07 Å². The van der Waals surface area contributed by atoms with E-state index in [0.29, 0.717) is 23.5 Å². The number of benzene rings is 3. The van der Waals surface area contributed by atoms with Gasteiger partial charge in [-0.15, -0.1) is 0 Å². The zero-order valence-corrected chi connectivity index (χ0v) is 37.2. The second kappa shape index (κ2) is 16.2. The Morgan fingerprint density at radius 3 is 2.26 bits per heavy atom. The van der Waals surface area contributed by atoms with Gasteiger partial charge in [-0.25, -0.2) is 0 Å². The number of hydrogen-bond donors (Lipinski definition) is 3. The van der Waals surface area contributed by atoms with Crippen LogP contribution in [0.5, 0.6) is 17.4 Å². The van der Waals surface area contributed by atoms with Crippen LogP contribution in [0.2, 0.25) is 18.1 Å². The number of anilines is 1. The number of aliphatic hydroxyl groups excluding tert-OH is 1. The van der Waals surface area contributed by atoms with Gasteiger partial charge in [0.1, 0.15) is 30.3 Å². The van der Waals surface area contributed by atoms with E-state index in [9.17, 15) is 9.90 Å². The van der Waals surface area contributed by atoms with Crippen LogP contribution in [0.3, 0.4) is 0 Å². The molecule has 0 saturated carbocycles. The number of Topliss-reactive ketones (excluding diaryl/α,β-unsaturated/α-hetero) is 2. The molecule has 14 heteroatoms. The molecule has 1 amide bonds. The first-order valence-electron chi connectivity index (χ1n) is 21.1. The van der Waals surface area contributed by atoms with Crippen LogP contribution in [-0.4, -0.2) is 80.3 Å². The molecule has 0 bridgehead atoms. The van der Waals surface area contributed by atoms with E-state index in [0.717, 1.165) is 24.1 Å². The van der Waals surface area contributed by atoms with Crippen molar-refractivity contribution in [1.29, 1.82) is 0 Å².